The molecule has 3 unspecified atom stereocenters. The molecule has 0 aromatic rings. The number of aliphatic hydroxyl groups excluding tert-OH is 3. The second-order valence-corrected chi connectivity index (χ2v) is 18.6. The molecule has 0 aliphatic heterocycles. The van der Waals surface area contributed by atoms with Crippen LogP contribution in [0, 0.1) is 50.7 Å². The smallest absolute Gasteiger partial charge is 0.333 e. The Morgan fingerprint density at radius 2 is 1.38 bits per heavy atom. The summed E-state index contributed by atoms with van der Waals surface area (Å²) in [4.78, 5) is 39.0. The van der Waals surface area contributed by atoms with Crippen LogP contribution < -0.4 is 0 Å². The van der Waals surface area contributed by atoms with E-state index < -0.39 is 40.5 Å². The lowest BCUT2D eigenvalue weighted by atomic mass is 9.34. The third kappa shape index (κ3) is 6.48. The number of esters is 3. The lowest BCUT2D eigenvalue weighted by Crippen LogP contribution is -2.71. The summed E-state index contributed by atoms with van der Waals surface area (Å²) in [6.07, 6.45) is 8.59. The third-order valence-corrected chi connectivity index (χ3v) is 15.8. The second kappa shape index (κ2) is 14.7. The van der Waals surface area contributed by atoms with Crippen molar-refractivity contribution in [2.45, 2.75) is 146 Å². The number of aliphatic hydroxyl groups is 3. The van der Waals surface area contributed by atoms with Gasteiger partial charge >= 0.3 is 17.9 Å². The highest BCUT2D eigenvalue weighted by Crippen LogP contribution is 2.75. The maximum absolute atomic E-state index is 13.1. The van der Waals surface area contributed by atoms with Crippen LogP contribution in [-0.2, 0) is 28.6 Å². The topological polar surface area (TPSA) is 140 Å². The molecule has 5 aliphatic rings. The fourth-order valence-electron chi connectivity index (χ4n) is 11.8. The summed E-state index contributed by atoms with van der Waals surface area (Å²) < 4.78 is 18.0. The van der Waals surface area contributed by atoms with Gasteiger partial charge in [-0.2, -0.15) is 0 Å². The number of carbonyl (C=O) groups is 3. The van der Waals surface area contributed by atoms with Crippen molar-refractivity contribution in [2.24, 2.45) is 50.7 Å². The van der Waals surface area contributed by atoms with Gasteiger partial charge in [0.2, 0.25) is 0 Å². The molecule has 9 heteroatoms. The highest BCUT2D eigenvalue weighted by Gasteiger charge is 2.72. The van der Waals surface area contributed by atoms with E-state index in [2.05, 4.69) is 26.8 Å². The summed E-state index contributed by atoms with van der Waals surface area (Å²) in [5.74, 6) is -1.34. The molecule has 9 nitrogen and oxygen atoms in total. The number of carbonyl (C=O) groups excluding carboxylic acids is 3. The Kier molecular flexibility index (Phi) is 11.5. The first kappa shape index (κ1) is 41.4. The molecule has 5 rings (SSSR count). The van der Waals surface area contributed by atoms with Gasteiger partial charge in [0.05, 0.1) is 30.3 Å². The molecule has 0 heterocycles. The molecule has 0 radical (unpaired) electrons. The van der Waals surface area contributed by atoms with Gasteiger partial charge in [-0.1, -0.05) is 64.5 Å². The first-order valence-electron chi connectivity index (χ1n) is 19.9. The van der Waals surface area contributed by atoms with E-state index >= 15 is 0 Å². The van der Waals surface area contributed by atoms with Crippen molar-refractivity contribution in [2.75, 3.05) is 13.2 Å². The quantitative estimate of drug-likeness (QED) is 0.102. The van der Waals surface area contributed by atoms with E-state index in [-0.39, 0.29) is 65.8 Å². The van der Waals surface area contributed by atoms with Crippen LogP contribution in [0.4, 0.5) is 0 Å². The minimum Gasteiger partial charge on any atom is -0.462 e. The van der Waals surface area contributed by atoms with Crippen molar-refractivity contribution in [1.82, 2.24) is 0 Å². The molecule has 5 aliphatic carbocycles. The summed E-state index contributed by atoms with van der Waals surface area (Å²) >= 11 is 0. The van der Waals surface area contributed by atoms with Gasteiger partial charge in [0.1, 0.15) is 12.7 Å². The van der Waals surface area contributed by atoms with Crippen molar-refractivity contribution in [3.05, 3.63) is 46.6 Å². The highest BCUT2D eigenvalue weighted by atomic mass is 16.6. The van der Waals surface area contributed by atoms with Crippen molar-refractivity contribution >= 4 is 17.9 Å². The van der Waals surface area contributed by atoms with Gasteiger partial charge in [-0.3, -0.25) is 0 Å². The monoisotopic (exact) mass is 738 g/mol. The van der Waals surface area contributed by atoms with Crippen LogP contribution in [0.1, 0.15) is 121 Å². The van der Waals surface area contributed by atoms with Crippen molar-refractivity contribution in [3.8, 4) is 0 Å². The molecule has 4 saturated carbocycles. The van der Waals surface area contributed by atoms with Gasteiger partial charge in [0.15, 0.2) is 0 Å². The van der Waals surface area contributed by atoms with Crippen LogP contribution in [0.25, 0.3) is 0 Å². The SMILES string of the molecule is C/C=C(/C)C(=O)OC[C@@H]1C2CC[C@]3(C)C(CC=C4C5CC(C)(C)[C@@H](O)[C@H](O)[C@]5(COC(=O)/C(C)=C\C)[C@H](O)C[C@]43C)[C@@]2(C)CC[C@@H]1OC(=O)/C(C)=C\C. The summed E-state index contributed by atoms with van der Waals surface area (Å²) in [6.45, 7) is 21.5. The molecule has 0 aromatic carbocycles. The van der Waals surface area contributed by atoms with Gasteiger partial charge in [-0.25, -0.2) is 14.4 Å². The minimum absolute atomic E-state index is 0.128. The average Bonchev–Trinajstić information content (AvgIpc) is 3.12. The molecule has 3 N–H and O–H groups in total. The maximum Gasteiger partial charge on any atom is 0.333 e. The molecular formula is C44H66O9. The van der Waals surface area contributed by atoms with Gasteiger partial charge in [-0.15, -0.1) is 0 Å². The normalized spacial score (nSPS) is 42.5. The number of hydrogen-bond acceptors (Lipinski definition) is 9. The summed E-state index contributed by atoms with van der Waals surface area (Å²) in [5, 5.41) is 35.9. The van der Waals surface area contributed by atoms with Crippen molar-refractivity contribution in [3.63, 3.8) is 0 Å². The zero-order chi connectivity index (χ0) is 39.5. The van der Waals surface area contributed by atoms with Crippen LogP contribution >= 0.6 is 0 Å². The van der Waals surface area contributed by atoms with E-state index in [1.54, 1.807) is 45.9 Å². The maximum atomic E-state index is 13.1. The molecule has 53 heavy (non-hydrogen) atoms. The van der Waals surface area contributed by atoms with E-state index in [4.69, 9.17) is 14.2 Å². The summed E-state index contributed by atoms with van der Waals surface area (Å²) in [6, 6.07) is 0. The summed E-state index contributed by atoms with van der Waals surface area (Å²) in [5.41, 5.74) is -0.0447. The van der Waals surface area contributed by atoms with E-state index in [1.165, 1.54) is 5.57 Å². The fourth-order valence-corrected chi connectivity index (χ4v) is 11.8. The molecule has 0 aromatic heterocycles. The Hall–Kier alpha value is -2.75. The zero-order valence-corrected chi connectivity index (χ0v) is 34.1. The van der Waals surface area contributed by atoms with E-state index in [0.29, 0.717) is 36.0 Å². The minimum atomic E-state index is -1.30. The van der Waals surface area contributed by atoms with E-state index in [0.717, 1.165) is 25.7 Å². The number of hydrogen-bond donors (Lipinski definition) is 3. The number of allylic oxidation sites excluding steroid dienone is 5. The second-order valence-electron chi connectivity index (χ2n) is 18.6. The van der Waals surface area contributed by atoms with E-state index in [9.17, 15) is 29.7 Å². The lowest BCUT2D eigenvalue weighted by molar-refractivity contribution is -0.257. The molecule has 0 saturated heterocycles. The predicted octanol–water partition coefficient (Wildman–Crippen LogP) is 7.19. The van der Waals surface area contributed by atoms with Gasteiger partial charge in [0, 0.05) is 22.6 Å². The van der Waals surface area contributed by atoms with Crippen LogP contribution in [0.2, 0.25) is 0 Å². The Bertz CT molecular complexity index is 1590. The number of fused-ring (bicyclic) bond motifs is 7. The Balaban J connectivity index is 1.55. The van der Waals surface area contributed by atoms with Gasteiger partial charge < -0.3 is 29.5 Å². The first-order chi connectivity index (χ1) is 24.7. The van der Waals surface area contributed by atoms with Crippen molar-refractivity contribution < 1.29 is 43.9 Å². The Morgan fingerprint density at radius 3 is 1.98 bits per heavy atom. The largest absolute Gasteiger partial charge is 0.462 e. The molecule has 0 bridgehead atoms. The van der Waals surface area contributed by atoms with Crippen LogP contribution in [0.5, 0.6) is 0 Å². The van der Waals surface area contributed by atoms with Gasteiger partial charge in [0.25, 0.3) is 0 Å². The van der Waals surface area contributed by atoms with E-state index in [1.807, 2.05) is 27.7 Å². The highest BCUT2D eigenvalue weighted by molar-refractivity contribution is 5.88. The zero-order valence-electron chi connectivity index (χ0n) is 34.1. The first-order valence-corrected chi connectivity index (χ1v) is 19.9. The molecule has 12 atom stereocenters. The van der Waals surface area contributed by atoms with Crippen LogP contribution in [-0.4, -0.2) is 70.9 Å². The third-order valence-electron chi connectivity index (χ3n) is 15.8. The van der Waals surface area contributed by atoms with Gasteiger partial charge in [-0.05, 0) is 126 Å². The molecule has 0 amide bonds. The Morgan fingerprint density at radius 1 is 0.792 bits per heavy atom. The molecule has 0 spiro atoms. The number of rotatable bonds is 8. The molecule has 296 valence electrons. The van der Waals surface area contributed by atoms with Crippen LogP contribution in [0.3, 0.4) is 0 Å². The Labute approximate surface area is 317 Å². The predicted molar refractivity (Wildman–Crippen MR) is 203 cm³/mol. The standard InChI is InChI=1S/C44H66O9/c1-12-25(4)37(48)51-23-28-29-17-20-42(10)33(41(29,9)19-18-32(28)53-39(50)27(6)14-3)16-15-30-31-21-40(7,8)35(46)36(47)44(31,34(45)22-43(30,42)11)24-52-38(49)26(5)13-2/h12-15,28-29,31-36,45-47H,16-24H2,1-11H3/b25-12-,26-13-,27-14-/t28-,29?,31?,32+,33?,34-,35+,36+,41+,42-,43-,44+/m1/s1. The molecular weight excluding hydrogens is 672 g/mol. The number of ether oxygens (including phenoxy) is 3. The molecule has 4 fully saturated rings. The lowest BCUT2D eigenvalue weighted by Gasteiger charge is -2.71. The van der Waals surface area contributed by atoms with Crippen molar-refractivity contribution in [1.29, 1.82) is 0 Å². The van der Waals surface area contributed by atoms with Crippen LogP contribution in [0.15, 0.2) is 46.6 Å². The summed E-state index contributed by atoms with van der Waals surface area (Å²) in [7, 11) is 0. The fraction of sp³-hybridized carbons (Fsp3) is 0.750. The average molecular weight is 739 g/mol.